The van der Waals surface area contributed by atoms with Gasteiger partial charge < -0.3 is 15.2 Å². The zero-order valence-electron chi connectivity index (χ0n) is 11.8. The quantitative estimate of drug-likeness (QED) is 0.780. The van der Waals surface area contributed by atoms with Crippen molar-refractivity contribution in [1.29, 1.82) is 0 Å². The van der Waals surface area contributed by atoms with Crippen molar-refractivity contribution < 1.29 is 14.6 Å². The molecule has 0 spiro atoms. The van der Waals surface area contributed by atoms with Crippen molar-refractivity contribution in [3.63, 3.8) is 0 Å². The van der Waals surface area contributed by atoms with E-state index in [0.29, 0.717) is 0 Å². The molecule has 0 saturated carbocycles. The van der Waals surface area contributed by atoms with Gasteiger partial charge in [0.15, 0.2) is 0 Å². The average molecular weight is 353 g/mol. The molecule has 112 valence electrons. The van der Waals surface area contributed by atoms with Gasteiger partial charge in [-0.3, -0.25) is 9.78 Å². The van der Waals surface area contributed by atoms with Gasteiger partial charge in [0, 0.05) is 28.5 Å². The van der Waals surface area contributed by atoms with E-state index in [1.165, 1.54) is 0 Å². The van der Waals surface area contributed by atoms with Crippen LogP contribution in [-0.2, 0) is 4.79 Å². The summed E-state index contributed by atoms with van der Waals surface area (Å²) in [5.74, 6) is -0.103. The van der Waals surface area contributed by atoms with Gasteiger partial charge in [0.25, 0.3) is 0 Å². The fourth-order valence-corrected chi connectivity index (χ4v) is 2.48. The van der Waals surface area contributed by atoms with Crippen molar-refractivity contribution >= 4 is 38.5 Å². The maximum Gasteiger partial charge on any atom is 0.304 e. The Labute approximate surface area is 131 Å². The summed E-state index contributed by atoms with van der Waals surface area (Å²) >= 11 is 3.41. The van der Waals surface area contributed by atoms with E-state index in [4.69, 9.17) is 9.84 Å². The minimum atomic E-state index is -0.834. The predicted octanol–water partition coefficient (Wildman–Crippen LogP) is 3.28. The monoisotopic (exact) mass is 352 g/mol. The Morgan fingerprint density at radius 1 is 1.52 bits per heavy atom. The number of hydrogen-bond acceptors (Lipinski definition) is 4. The van der Waals surface area contributed by atoms with Crippen LogP contribution in [0.4, 0.5) is 5.69 Å². The molecule has 1 heterocycles. The van der Waals surface area contributed by atoms with Gasteiger partial charge in [-0.25, -0.2) is 0 Å². The molecule has 5 nitrogen and oxygen atoms in total. The molecule has 2 unspecified atom stereocenters. The normalized spacial score (nSPS) is 13.7. The van der Waals surface area contributed by atoms with Crippen LogP contribution in [-0.4, -0.2) is 34.0 Å². The van der Waals surface area contributed by atoms with E-state index >= 15 is 0 Å². The highest BCUT2D eigenvalue weighted by Gasteiger charge is 2.18. The van der Waals surface area contributed by atoms with Gasteiger partial charge in [0.05, 0.1) is 24.7 Å². The summed E-state index contributed by atoms with van der Waals surface area (Å²) in [6, 6.07) is 7.54. The van der Waals surface area contributed by atoms with Gasteiger partial charge in [-0.1, -0.05) is 22.0 Å². The standard InChI is InChI=1S/C15H17BrN2O3/c1-9(12(16)8-14(19)20)18-13-7-11(21-2)6-10-4-3-5-17-15(10)13/h3-7,9,12,18H,8H2,1-2H3,(H,19,20). The van der Waals surface area contributed by atoms with Crippen LogP contribution >= 0.6 is 15.9 Å². The summed E-state index contributed by atoms with van der Waals surface area (Å²) in [6.07, 6.45) is 1.77. The van der Waals surface area contributed by atoms with Gasteiger partial charge in [-0.05, 0) is 19.1 Å². The molecule has 2 atom stereocenters. The maximum absolute atomic E-state index is 10.8. The number of aromatic nitrogens is 1. The molecule has 21 heavy (non-hydrogen) atoms. The molecule has 2 N–H and O–H groups in total. The third-order valence-corrected chi connectivity index (χ3v) is 4.33. The Balaban J connectivity index is 2.30. The number of rotatable bonds is 6. The summed E-state index contributed by atoms with van der Waals surface area (Å²) < 4.78 is 5.30. The number of hydrogen-bond donors (Lipinski definition) is 2. The molecule has 6 heteroatoms. The van der Waals surface area contributed by atoms with Crippen molar-refractivity contribution in [2.75, 3.05) is 12.4 Å². The molecule has 0 saturated heterocycles. The lowest BCUT2D eigenvalue weighted by Crippen LogP contribution is -2.28. The fraction of sp³-hybridized carbons (Fsp3) is 0.333. The Morgan fingerprint density at radius 2 is 2.29 bits per heavy atom. The molecular formula is C15H17BrN2O3. The highest BCUT2D eigenvalue weighted by atomic mass is 79.9. The average Bonchev–Trinajstić information content (AvgIpc) is 2.46. The molecule has 0 fully saturated rings. The van der Waals surface area contributed by atoms with Crippen molar-refractivity contribution in [3.8, 4) is 5.75 Å². The molecule has 0 bridgehead atoms. The van der Waals surface area contributed by atoms with Crippen LogP contribution in [0.15, 0.2) is 30.5 Å². The first-order valence-corrected chi connectivity index (χ1v) is 7.48. The summed E-state index contributed by atoms with van der Waals surface area (Å²) in [5, 5.41) is 13.1. The molecular weight excluding hydrogens is 336 g/mol. The van der Waals surface area contributed by atoms with E-state index in [-0.39, 0.29) is 17.3 Å². The van der Waals surface area contributed by atoms with E-state index in [1.807, 2.05) is 31.2 Å². The minimum Gasteiger partial charge on any atom is -0.497 e. The van der Waals surface area contributed by atoms with Crippen molar-refractivity contribution in [2.45, 2.75) is 24.2 Å². The van der Waals surface area contributed by atoms with Crippen LogP contribution in [0.3, 0.4) is 0 Å². The number of anilines is 1. The predicted molar refractivity (Wildman–Crippen MR) is 86.3 cm³/mol. The molecule has 2 aromatic rings. The molecule has 2 rings (SSSR count). The summed E-state index contributed by atoms with van der Waals surface area (Å²) in [4.78, 5) is 15.0. The second kappa shape index (κ2) is 6.76. The minimum absolute atomic E-state index is 0.0451. The van der Waals surface area contributed by atoms with Crippen LogP contribution in [0, 0.1) is 0 Å². The lowest BCUT2D eigenvalue weighted by molar-refractivity contribution is -0.136. The number of carboxylic acid groups (broad SMARTS) is 1. The van der Waals surface area contributed by atoms with Gasteiger partial charge in [0.2, 0.25) is 0 Å². The first-order valence-electron chi connectivity index (χ1n) is 6.56. The van der Waals surface area contributed by atoms with Crippen molar-refractivity contribution in [3.05, 3.63) is 30.5 Å². The fourth-order valence-electron chi connectivity index (χ4n) is 2.07. The number of fused-ring (bicyclic) bond motifs is 1. The lowest BCUT2D eigenvalue weighted by Gasteiger charge is -2.21. The first kappa shape index (κ1) is 15.6. The van der Waals surface area contributed by atoms with E-state index in [9.17, 15) is 4.79 Å². The second-order valence-electron chi connectivity index (χ2n) is 4.80. The van der Waals surface area contributed by atoms with Gasteiger partial charge in [-0.15, -0.1) is 0 Å². The van der Waals surface area contributed by atoms with Crippen molar-refractivity contribution in [1.82, 2.24) is 4.98 Å². The number of carbonyl (C=O) groups is 1. The summed E-state index contributed by atoms with van der Waals surface area (Å²) in [7, 11) is 1.61. The molecule has 1 aromatic heterocycles. The second-order valence-corrected chi connectivity index (χ2v) is 5.97. The van der Waals surface area contributed by atoms with Crippen LogP contribution in [0.1, 0.15) is 13.3 Å². The zero-order valence-corrected chi connectivity index (χ0v) is 13.4. The lowest BCUT2D eigenvalue weighted by atomic mass is 10.1. The number of aliphatic carboxylic acids is 1. The Kier molecular flexibility index (Phi) is 5.01. The van der Waals surface area contributed by atoms with E-state index in [2.05, 4.69) is 26.2 Å². The van der Waals surface area contributed by atoms with Crippen LogP contribution in [0.25, 0.3) is 10.9 Å². The molecule has 0 aliphatic carbocycles. The van der Waals surface area contributed by atoms with E-state index in [1.54, 1.807) is 13.3 Å². The van der Waals surface area contributed by atoms with Crippen LogP contribution < -0.4 is 10.1 Å². The topological polar surface area (TPSA) is 71.5 Å². The largest absolute Gasteiger partial charge is 0.497 e. The zero-order chi connectivity index (χ0) is 15.4. The number of benzene rings is 1. The third kappa shape index (κ3) is 3.85. The van der Waals surface area contributed by atoms with Crippen LogP contribution in [0.5, 0.6) is 5.75 Å². The summed E-state index contributed by atoms with van der Waals surface area (Å²) in [6.45, 7) is 1.93. The Morgan fingerprint density at radius 3 is 2.95 bits per heavy atom. The van der Waals surface area contributed by atoms with Crippen molar-refractivity contribution in [2.24, 2.45) is 0 Å². The Hall–Kier alpha value is -1.82. The number of halogens is 1. The number of nitrogens with one attached hydrogen (secondary N) is 1. The molecule has 0 amide bonds. The molecule has 0 radical (unpaired) electrons. The molecule has 0 aliphatic heterocycles. The number of methoxy groups -OCH3 is 1. The Bertz CT molecular complexity index is 648. The SMILES string of the molecule is COc1cc(NC(C)C(Br)CC(=O)O)c2ncccc2c1. The number of nitrogens with zero attached hydrogens (tertiary/aromatic N) is 1. The van der Waals surface area contributed by atoms with E-state index < -0.39 is 5.97 Å². The van der Waals surface area contributed by atoms with Gasteiger partial charge >= 0.3 is 5.97 Å². The first-order chi connectivity index (χ1) is 10.0. The number of carboxylic acids is 1. The van der Waals surface area contributed by atoms with Gasteiger partial charge in [-0.2, -0.15) is 0 Å². The number of alkyl halides is 1. The third-order valence-electron chi connectivity index (χ3n) is 3.21. The summed E-state index contributed by atoms with van der Waals surface area (Å²) in [5.41, 5.74) is 1.66. The molecule has 1 aromatic carbocycles. The van der Waals surface area contributed by atoms with Gasteiger partial charge in [0.1, 0.15) is 5.75 Å². The highest BCUT2D eigenvalue weighted by Crippen LogP contribution is 2.29. The highest BCUT2D eigenvalue weighted by molar-refractivity contribution is 9.09. The van der Waals surface area contributed by atoms with E-state index in [0.717, 1.165) is 22.3 Å². The smallest absolute Gasteiger partial charge is 0.304 e. The maximum atomic E-state index is 10.8. The number of pyridine rings is 1. The molecule has 0 aliphatic rings. The van der Waals surface area contributed by atoms with Crippen LogP contribution in [0.2, 0.25) is 0 Å². The number of ether oxygens (including phenoxy) is 1.